The van der Waals surface area contributed by atoms with E-state index in [1.165, 1.54) is 12.1 Å². The van der Waals surface area contributed by atoms with E-state index in [2.05, 4.69) is 15.6 Å². The summed E-state index contributed by atoms with van der Waals surface area (Å²) in [5, 5.41) is 17.1. The number of benzene rings is 2. The SMILES string of the molecule is CNc1cc(Nc2ccc3ncsc3c2)cc([N+](=O)[O-])c1. The molecule has 0 bridgehead atoms. The number of nitrogens with one attached hydrogen (secondary N) is 2. The zero-order valence-electron chi connectivity index (χ0n) is 11.2. The Bertz CT molecular complexity index is 816. The molecule has 2 aromatic carbocycles. The largest absolute Gasteiger partial charge is 0.388 e. The first-order chi connectivity index (χ1) is 10.2. The maximum Gasteiger partial charge on any atom is 0.273 e. The molecule has 0 spiro atoms. The summed E-state index contributed by atoms with van der Waals surface area (Å²) in [7, 11) is 1.73. The van der Waals surface area contributed by atoms with Crippen LogP contribution >= 0.6 is 11.3 Å². The van der Waals surface area contributed by atoms with Gasteiger partial charge >= 0.3 is 0 Å². The molecule has 6 nitrogen and oxygen atoms in total. The normalized spacial score (nSPS) is 10.5. The molecule has 0 fully saturated rings. The number of rotatable bonds is 4. The number of anilines is 3. The average molecular weight is 300 g/mol. The highest BCUT2D eigenvalue weighted by Gasteiger charge is 2.09. The van der Waals surface area contributed by atoms with Crippen LogP contribution in [0.3, 0.4) is 0 Å². The number of hydrogen-bond donors (Lipinski definition) is 2. The van der Waals surface area contributed by atoms with Crippen molar-refractivity contribution in [3.05, 3.63) is 52.0 Å². The summed E-state index contributed by atoms with van der Waals surface area (Å²) < 4.78 is 1.07. The zero-order chi connectivity index (χ0) is 14.8. The quantitative estimate of drug-likeness (QED) is 0.562. The van der Waals surface area contributed by atoms with Crippen LogP contribution in [0.25, 0.3) is 10.2 Å². The highest BCUT2D eigenvalue weighted by atomic mass is 32.1. The van der Waals surface area contributed by atoms with Gasteiger partial charge in [0.2, 0.25) is 0 Å². The lowest BCUT2D eigenvalue weighted by Crippen LogP contribution is -1.96. The monoisotopic (exact) mass is 300 g/mol. The lowest BCUT2D eigenvalue weighted by atomic mass is 10.2. The average Bonchev–Trinajstić information content (AvgIpc) is 2.94. The van der Waals surface area contributed by atoms with Crippen molar-refractivity contribution < 1.29 is 4.92 Å². The van der Waals surface area contributed by atoms with Crippen molar-refractivity contribution in [1.82, 2.24) is 4.98 Å². The summed E-state index contributed by atoms with van der Waals surface area (Å²) in [5.41, 5.74) is 5.00. The van der Waals surface area contributed by atoms with Gasteiger partial charge in [-0.2, -0.15) is 0 Å². The standard InChI is InChI=1S/C14H12N4O2S/c1-15-10-4-11(6-12(5-10)18(19)20)17-9-2-3-13-14(7-9)21-8-16-13/h2-8,15,17H,1H3. The molecule has 0 radical (unpaired) electrons. The van der Waals surface area contributed by atoms with E-state index in [0.717, 1.165) is 15.9 Å². The molecule has 0 saturated carbocycles. The van der Waals surface area contributed by atoms with E-state index in [1.54, 1.807) is 23.9 Å². The lowest BCUT2D eigenvalue weighted by molar-refractivity contribution is -0.384. The van der Waals surface area contributed by atoms with Gasteiger partial charge in [0.25, 0.3) is 5.69 Å². The first-order valence-electron chi connectivity index (χ1n) is 6.23. The van der Waals surface area contributed by atoms with Crippen molar-refractivity contribution in [3.63, 3.8) is 0 Å². The molecule has 21 heavy (non-hydrogen) atoms. The smallest absolute Gasteiger partial charge is 0.273 e. The minimum absolute atomic E-state index is 0.0446. The third-order valence-corrected chi connectivity index (χ3v) is 3.83. The molecule has 0 aliphatic heterocycles. The van der Waals surface area contributed by atoms with E-state index in [1.807, 2.05) is 24.3 Å². The van der Waals surface area contributed by atoms with Crippen molar-refractivity contribution in [2.75, 3.05) is 17.7 Å². The van der Waals surface area contributed by atoms with E-state index >= 15 is 0 Å². The van der Waals surface area contributed by atoms with Crippen molar-refractivity contribution in [2.45, 2.75) is 0 Å². The summed E-state index contributed by atoms with van der Waals surface area (Å²) in [6.45, 7) is 0. The van der Waals surface area contributed by atoms with E-state index in [9.17, 15) is 10.1 Å². The number of hydrogen-bond acceptors (Lipinski definition) is 6. The van der Waals surface area contributed by atoms with E-state index in [0.29, 0.717) is 11.4 Å². The number of thiazole rings is 1. The second-order valence-corrected chi connectivity index (χ2v) is 5.32. The van der Waals surface area contributed by atoms with Gasteiger partial charge < -0.3 is 10.6 Å². The van der Waals surface area contributed by atoms with Gasteiger partial charge in [-0.1, -0.05) is 0 Å². The molecule has 0 amide bonds. The second kappa shape index (κ2) is 5.37. The Kier molecular flexibility index (Phi) is 3.41. The molecule has 2 N–H and O–H groups in total. The molecular weight excluding hydrogens is 288 g/mol. The molecule has 7 heteroatoms. The predicted molar refractivity (Wildman–Crippen MR) is 85.5 cm³/mol. The molecule has 1 heterocycles. The summed E-state index contributed by atoms with van der Waals surface area (Å²) in [4.78, 5) is 14.8. The molecule has 0 aliphatic carbocycles. The second-order valence-electron chi connectivity index (χ2n) is 4.44. The van der Waals surface area contributed by atoms with Gasteiger partial charge in [0.15, 0.2) is 0 Å². The molecule has 3 aromatic rings. The molecule has 0 unspecified atom stereocenters. The molecule has 106 valence electrons. The Balaban J connectivity index is 1.96. The Morgan fingerprint density at radius 3 is 2.71 bits per heavy atom. The summed E-state index contributed by atoms with van der Waals surface area (Å²) >= 11 is 1.56. The van der Waals surface area contributed by atoms with Crippen LogP contribution in [0, 0.1) is 10.1 Å². The Labute approximate surface area is 124 Å². The number of nitro groups is 1. The highest BCUT2D eigenvalue weighted by Crippen LogP contribution is 2.28. The third kappa shape index (κ3) is 2.77. The maximum absolute atomic E-state index is 11.0. The summed E-state index contributed by atoms with van der Waals surface area (Å²) in [6, 6.07) is 10.6. The maximum atomic E-state index is 11.0. The fourth-order valence-corrected chi connectivity index (χ4v) is 2.75. The fourth-order valence-electron chi connectivity index (χ4n) is 2.03. The Morgan fingerprint density at radius 1 is 1.14 bits per heavy atom. The minimum atomic E-state index is -0.404. The van der Waals surface area contributed by atoms with Gasteiger partial charge in [-0.3, -0.25) is 10.1 Å². The van der Waals surface area contributed by atoms with Crippen LogP contribution in [0.2, 0.25) is 0 Å². The lowest BCUT2D eigenvalue weighted by Gasteiger charge is -2.08. The van der Waals surface area contributed by atoms with Gasteiger partial charge in [0, 0.05) is 36.2 Å². The van der Waals surface area contributed by atoms with Crippen LogP contribution in [0.1, 0.15) is 0 Å². The van der Waals surface area contributed by atoms with Gasteiger partial charge in [0.1, 0.15) is 0 Å². The van der Waals surface area contributed by atoms with Crippen molar-refractivity contribution in [2.24, 2.45) is 0 Å². The minimum Gasteiger partial charge on any atom is -0.388 e. The third-order valence-electron chi connectivity index (χ3n) is 3.04. The summed E-state index contributed by atoms with van der Waals surface area (Å²) in [5.74, 6) is 0. The van der Waals surface area contributed by atoms with Gasteiger partial charge in [-0.25, -0.2) is 4.98 Å². The molecule has 0 atom stereocenters. The number of fused-ring (bicyclic) bond motifs is 1. The Morgan fingerprint density at radius 2 is 1.95 bits per heavy atom. The highest BCUT2D eigenvalue weighted by molar-refractivity contribution is 7.16. The first-order valence-corrected chi connectivity index (χ1v) is 7.11. The van der Waals surface area contributed by atoms with Crippen LogP contribution in [0.5, 0.6) is 0 Å². The van der Waals surface area contributed by atoms with Crippen LogP contribution in [-0.2, 0) is 0 Å². The topological polar surface area (TPSA) is 80.1 Å². The molecular formula is C14H12N4O2S. The van der Waals surface area contributed by atoms with Crippen LogP contribution in [0.15, 0.2) is 41.9 Å². The van der Waals surface area contributed by atoms with Crippen molar-refractivity contribution >= 4 is 44.3 Å². The molecule has 0 aliphatic rings. The van der Waals surface area contributed by atoms with Gasteiger partial charge in [0.05, 0.1) is 20.7 Å². The van der Waals surface area contributed by atoms with Crippen molar-refractivity contribution in [1.29, 1.82) is 0 Å². The van der Waals surface area contributed by atoms with Crippen LogP contribution in [0.4, 0.5) is 22.7 Å². The molecule has 0 saturated heterocycles. The Hall–Kier alpha value is -2.67. The predicted octanol–water partition coefficient (Wildman–Crippen LogP) is 3.99. The fraction of sp³-hybridized carbons (Fsp3) is 0.0714. The van der Waals surface area contributed by atoms with Gasteiger partial charge in [-0.15, -0.1) is 11.3 Å². The zero-order valence-corrected chi connectivity index (χ0v) is 12.0. The first kappa shape index (κ1) is 13.3. The number of non-ortho nitro benzene ring substituents is 1. The van der Waals surface area contributed by atoms with E-state index < -0.39 is 4.92 Å². The summed E-state index contributed by atoms with van der Waals surface area (Å²) in [6.07, 6.45) is 0. The molecule has 3 rings (SSSR count). The van der Waals surface area contributed by atoms with Crippen LogP contribution < -0.4 is 10.6 Å². The molecule has 1 aromatic heterocycles. The van der Waals surface area contributed by atoms with Crippen molar-refractivity contribution in [3.8, 4) is 0 Å². The number of nitro benzene ring substituents is 1. The van der Waals surface area contributed by atoms with E-state index in [-0.39, 0.29) is 5.69 Å². The number of nitrogens with zero attached hydrogens (tertiary/aromatic N) is 2. The van der Waals surface area contributed by atoms with Gasteiger partial charge in [-0.05, 0) is 24.3 Å². The van der Waals surface area contributed by atoms with E-state index in [4.69, 9.17) is 0 Å². The van der Waals surface area contributed by atoms with Crippen LogP contribution in [-0.4, -0.2) is 17.0 Å². The number of aromatic nitrogens is 1.